The van der Waals surface area contributed by atoms with Crippen molar-refractivity contribution in [1.29, 1.82) is 0 Å². The monoisotopic (exact) mass is 453 g/mol. The highest BCUT2D eigenvalue weighted by Crippen LogP contribution is 2.31. The fourth-order valence-electron chi connectivity index (χ4n) is 3.48. The molecule has 0 spiro atoms. The first-order valence-electron chi connectivity index (χ1n) is 10.2. The first-order chi connectivity index (χ1) is 16.2. The average molecular weight is 454 g/mol. The molecule has 33 heavy (non-hydrogen) atoms. The van der Waals surface area contributed by atoms with Crippen molar-refractivity contribution in [1.82, 2.24) is 19.7 Å². The molecule has 0 atom stereocenters. The molecule has 2 aromatic heterocycles. The van der Waals surface area contributed by atoms with Crippen molar-refractivity contribution in [3.8, 4) is 11.4 Å². The Kier molecular flexibility index (Phi) is 5.73. The normalized spacial score (nSPS) is 10.8. The van der Waals surface area contributed by atoms with E-state index in [0.717, 1.165) is 16.6 Å². The van der Waals surface area contributed by atoms with Gasteiger partial charge in [0.1, 0.15) is 17.1 Å². The number of rotatable bonds is 6. The number of fused-ring (bicyclic) bond motifs is 1. The molecule has 3 aromatic carbocycles. The Hall–Kier alpha value is -4.17. The molecular formula is C25H19N5O2S. The molecule has 8 heteroatoms. The third kappa shape index (κ3) is 4.28. The number of methoxy groups -OCH3 is 1. The van der Waals surface area contributed by atoms with Crippen LogP contribution in [0.2, 0.25) is 0 Å². The van der Waals surface area contributed by atoms with E-state index in [0.29, 0.717) is 27.2 Å². The number of amides is 1. The highest BCUT2D eigenvalue weighted by molar-refractivity contribution is 7.99. The lowest BCUT2D eigenvalue weighted by atomic mass is 10.1. The number of carbonyl (C=O) groups excluding carboxylic acids is 1. The SMILES string of the molecule is COc1ccccc1NC(=O)c1cc(Sc2nncn2-c2ccccc2)nc2ccccc12. The van der Waals surface area contributed by atoms with Crippen LogP contribution < -0.4 is 10.1 Å². The minimum atomic E-state index is -0.246. The maximum absolute atomic E-state index is 13.3. The van der Waals surface area contributed by atoms with E-state index in [1.807, 2.05) is 71.3 Å². The summed E-state index contributed by atoms with van der Waals surface area (Å²) < 4.78 is 7.25. The van der Waals surface area contributed by atoms with Gasteiger partial charge in [0.2, 0.25) is 5.16 Å². The molecule has 2 heterocycles. The van der Waals surface area contributed by atoms with Crippen molar-refractivity contribution in [2.45, 2.75) is 10.2 Å². The number of para-hydroxylation sites is 4. The summed E-state index contributed by atoms with van der Waals surface area (Å²) in [5.41, 5.74) is 2.78. The minimum Gasteiger partial charge on any atom is -0.495 e. The second kappa shape index (κ2) is 9.13. The Balaban J connectivity index is 1.52. The van der Waals surface area contributed by atoms with Gasteiger partial charge in [-0.3, -0.25) is 9.36 Å². The van der Waals surface area contributed by atoms with Crippen molar-refractivity contribution in [3.05, 3.63) is 96.8 Å². The number of nitrogens with one attached hydrogen (secondary N) is 1. The summed E-state index contributed by atoms with van der Waals surface area (Å²) >= 11 is 1.35. The fourth-order valence-corrected chi connectivity index (χ4v) is 4.33. The fraction of sp³-hybridized carbons (Fsp3) is 0.0400. The Morgan fingerprint density at radius 3 is 2.58 bits per heavy atom. The number of pyridine rings is 1. The van der Waals surface area contributed by atoms with Crippen LogP contribution in [0.15, 0.2) is 101 Å². The molecule has 5 aromatic rings. The number of carbonyl (C=O) groups is 1. The molecule has 0 bridgehead atoms. The van der Waals surface area contributed by atoms with Gasteiger partial charge < -0.3 is 10.1 Å². The van der Waals surface area contributed by atoms with Crippen LogP contribution in [0, 0.1) is 0 Å². The average Bonchev–Trinajstić information content (AvgIpc) is 3.32. The number of hydrogen-bond acceptors (Lipinski definition) is 6. The highest BCUT2D eigenvalue weighted by Gasteiger charge is 2.17. The molecule has 0 unspecified atom stereocenters. The maximum Gasteiger partial charge on any atom is 0.256 e. The molecular weight excluding hydrogens is 434 g/mol. The molecule has 0 saturated carbocycles. The van der Waals surface area contributed by atoms with Gasteiger partial charge in [-0.15, -0.1) is 10.2 Å². The third-order valence-electron chi connectivity index (χ3n) is 5.04. The summed E-state index contributed by atoms with van der Waals surface area (Å²) in [7, 11) is 1.57. The summed E-state index contributed by atoms with van der Waals surface area (Å²) in [5.74, 6) is 0.347. The predicted octanol–water partition coefficient (Wildman–Crippen LogP) is 5.23. The van der Waals surface area contributed by atoms with Crippen molar-refractivity contribution in [2.75, 3.05) is 12.4 Å². The largest absolute Gasteiger partial charge is 0.495 e. The van der Waals surface area contributed by atoms with Crippen LogP contribution in [0.3, 0.4) is 0 Å². The van der Waals surface area contributed by atoms with Crippen molar-refractivity contribution >= 4 is 34.3 Å². The van der Waals surface area contributed by atoms with Crippen LogP contribution in [-0.2, 0) is 0 Å². The lowest BCUT2D eigenvalue weighted by Crippen LogP contribution is -2.13. The molecule has 1 amide bonds. The lowest BCUT2D eigenvalue weighted by Gasteiger charge is -2.12. The van der Waals surface area contributed by atoms with Gasteiger partial charge in [-0.05, 0) is 48.2 Å². The quantitative estimate of drug-likeness (QED) is 0.379. The van der Waals surface area contributed by atoms with Crippen LogP contribution >= 0.6 is 11.8 Å². The number of hydrogen-bond donors (Lipinski definition) is 1. The predicted molar refractivity (Wildman–Crippen MR) is 128 cm³/mol. The summed E-state index contributed by atoms with van der Waals surface area (Å²) in [6, 6.07) is 26.5. The van der Waals surface area contributed by atoms with Gasteiger partial charge in [0.05, 0.1) is 23.9 Å². The lowest BCUT2D eigenvalue weighted by molar-refractivity contribution is 0.102. The van der Waals surface area contributed by atoms with E-state index in [1.165, 1.54) is 11.8 Å². The van der Waals surface area contributed by atoms with Gasteiger partial charge in [-0.1, -0.05) is 48.5 Å². The molecule has 0 saturated heterocycles. The van der Waals surface area contributed by atoms with Crippen LogP contribution in [0.5, 0.6) is 5.75 Å². The number of nitrogens with zero attached hydrogens (tertiary/aromatic N) is 4. The van der Waals surface area contributed by atoms with Gasteiger partial charge in [0.25, 0.3) is 5.91 Å². The van der Waals surface area contributed by atoms with E-state index in [9.17, 15) is 4.79 Å². The summed E-state index contributed by atoms with van der Waals surface area (Å²) in [6.45, 7) is 0. The van der Waals surface area contributed by atoms with E-state index in [4.69, 9.17) is 9.72 Å². The molecule has 162 valence electrons. The molecule has 0 aliphatic carbocycles. The van der Waals surface area contributed by atoms with E-state index >= 15 is 0 Å². The first kappa shape index (κ1) is 20.7. The van der Waals surface area contributed by atoms with Gasteiger partial charge in [-0.25, -0.2) is 4.98 Å². The van der Waals surface area contributed by atoms with E-state index in [1.54, 1.807) is 31.6 Å². The maximum atomic E-state index is 13.3. The zero-order valence-electron chi connectivity index (χ0n) is 17.7. The molecule has 0 aliphatic heterocycles. The Morgan fingerprint density at radius 1 is 0.970 bits per heavy atom. The zero-order valence-corrected chi connectivity index (χ0v) is 18.5. The Morgan fingerprint density at radius 2 is 1.73 bits per heavy atom. The standard InChI is InChI=1S/C25H19N5O2S/c1-32-22-14-8-7-13-21(22)28-24(31)19-15-23(27-20-12-6-5-11-18(19)20)33-25-29-26-16-30(25)17-9-3-2-4-10-17/h2-16H,1H3,(H,28,31). The second-order valence-corrected chi connectivity index (χ2v) is 8.09. The van der Waals surface area contributed by atoms with E-state index in [-0.39, 0.29) is 5.91 Å². The van der Waals surface area contributed by atoms with Crippen LogP contribution in [0.1, 0.15) is 10.4 Å². The molecule has 0 fully saturated rings. The second-order valence-electron chi connectivity index (χ2n) is 7.10. The van der Waals surface area contributed by atoms with Crippen LogP contribution in [0.25, 0.3) is 16.6 Å². The summed E-state index contributed by atoms with van der Waals surface area (Å²) in [4.78, 5) is 18.0. The van der Waals surface area contributed by atoms with Gasteiger partial charge >= 0.3 is 0 Å². The van der Waals surface area contributed by atoms with E-state index < -0.39 is 0 Å². The van der Waals surface area contributed by atoms with Crippen LogP contribution in [-0.4, -0.2) is 32.8 Å². The molecule has 0 radical (unpaired) electrons. The van der Waals surface area contributed by atoms with E-state index in [2.05, 4.69) is 15.5 Å². The van der Waals surface area contributed by atoms with Crippen molar-refractivity contribution in [3.63, 3.8) is 0 Å². The van der Waals surface area contributed by atoms with Gasteiger partial charge in [-0.2, -0.15) is 0 Å². The third-order valence-corrected chi connectivity index (χ3v) is 5.92. The minimum absolute atomic E-state index is 0.246. The van der Waals surface area contributed by atoms with Crippen LogP contribution in [0.4, 0.5) is 5.69 Å². The molecule has 7 nitrogen and oxygen atoms in total. The topological polar surface area (TPSA) is 81.9 Å². The molecule has 0 aliphatic rings. The Bertz CT molecular complexity index is 1440. The molecule has 5 rings (SSSR count). The number of aromatic nitrogens is 4. The number of benzene rings is 3. The molecule has 1 N–H and O–H groups in total. The van der Waals surface area contributed by atoms with Crippen molar-refractivity contribution in [2.24, 2.45) is 0 Å². The smallest absolute Gasteiger partial charge is 0.256 e. The Labute approximate surface area is 194 Å². The highest BCUT2D eigenvalue weighted by atomic mass is 32.2. The first-order valence-corrected chi connectivity index (χ1v) is 11.0. The summed E-state index contributed by atoms with van der Waals surface area (Å²) in [5, 5.41) is 13.3. The van der Waals surface area contributed by atoms with Gasteiger partial charge in [0.15, 0.2) is 0 Å². The number of anilines is 1. The summed E-state index contributed by atoms with van der Waals surface area (Å²) in [6.07, 6.45) is 1.66. The zero-order chi connectivity index (χ0) is 22.6. The van der Waals surface area contributed by atoms with Gasteiger partial charge in [0, 0.05) is 11.1 Å². The van der Waals surface area contributed by atoms with Crippen molar-refractivity contribution < 1.29 is 9.53 Å². The number of ether oxygens (including phenoxy) is 1.